The summed E-state index contributed by atoms with van der Waals surface area (Å²) < 4.78 is 5.90. The number of nitrogens with zero attached hydrogens (tertiary/aromatic N) is 2. The molecule has 2 aliphatic heterocycles. The number of piperidine rings is 2. The lowest BCUT2D eigenvalue weighted by Gasteiger charge is -2.32. The SMILES string of the molecule is CC(=O)N1CCC[C@H](COc2ccc(C(=O)N3CCC(C)CC3)cc2)C1. The normalized spacial score (nSPS) is 21.5. The third-order valence-electron chi connectivity index (χ3n) is 5.62. The highest BCUT2D eigenvalue weighted by Crippen LogP contribution is 2.21. The molecule has 2 fully saturated rings. The monoisotopic (exact) mass is 358 g/mol. The summed E-state index contributed by atoms with van der Waals surface area (Å²) in [6.45, 7) is 7.83. The highest BCUT2D eigenvalue weighted by molar-refractivity contribution is 5.94. The van der Waals surface area contributed by atoms with Gasteiger partial charge in [-0.3, -0.25) is 9.59 Å². The molecule has 5 nitrogen and oxygen atoms in total. The summed E-state index contributed by atoms with van der Waals surface area (Å²) in [6, 6.07) is 7.48. The Balaban J connectivity index is 1.50. The molecule has 1 atom stereocenters. The van der Waals surface area contributed by atoms with Gasteiger partial charge in [0, 0.05) is 44.6 Å². The molecule has 0 aliphatic carbocycles. The minimum absolute atomic E-state index is 0.118. The Morgan fingerprint density at radius 3 is 2.38 bits per heavy atom. The molecule has 2 heterocycles. The Labute approximate surface area is 156 Å². The van der Waals surface area contributed by atoms with Crippen molar-refractivity contribution in [3.8, 4) is 5.75 Å². The van der Waals surface area contributed by atoms with Gasteiger partial charge in [-0.2, -0.15) is 0 Å². The number of rotatable bonds is 4. The molecule has 142 valence electrons. The van der Waals surface area contributed by atoms with E-state index in [1.165, 1.54) is 0 Å². The van der Waals surface area contributed by atoms with Crippen LogP contribution >= 0.6 is 0 Å². The molecular weight excluding hydrogens is 328 g/mol. The van der Waals surface area contributed by atoms with Crippen LogP contribution < -0.4 is 4.74 Å². The maximum Gasteiger partial charge on any atom is 0.253 e. The number of carbonyl (C=O) groups excluding carboxylic acids is 2. The molecule has 0 N–H and O–H groups in total. The standard InChI is InChI=1S/C21H30N2O3/c1-16-9-12-22(13-10-16)21(25)19-5-7-20(8-6-19)26-15-18-4-3-11-23(14-18)17(2)24/h5-8,16,18H,3-4,9-15H2,1-2H3/t18-/m0/s1. The maximum absolute atomic E-state index is 12.6. The molecule has 0 spiro atoms. The highest BCUT2D eigenvalue weighted by Gasteiger charge is 2.23. The van der Waals surface area contributed by atoms with Crippen molar-refractivity contribution in [3.05, 3.63) is 29.8 Å². The minimum atomic E-state index is 0.118. The lowest BCUT2D eigenvalue weighted by Crippen LogP contribution is -2.40. The van der Waals surface area contributed by atoms with E-state index >= 15 is 0 Å². The second-order valence-corrected chi connectivity index (χ2v) is 7.78. The van der Waals surface area contributed by atoms with Crippen molar-refractivity contribution >= 4 is 11.8 Å². The van der Waals surface area contributed by atoms with Crippen LogP contribution in [-0.4, -0.2) is 54.4 Å². The molecule has 1 aromatic rings. The van der Waals surface area contributed by atoms with Crippen molar-refractivity contribution < 1.29 is 14.3 Å². The minimum Gasteiger partial charge on any atom is -0.493 e. The molecular formula is C21H30N2O3. The molecule has 5 heteroatoms. The zero-order valence-electron chi connectivity index (χ0n) is 15.9. The number of likely N-dealkylation sites (tertiary alicyclic amines) is 2. The van der Waals surface area contributed by atoms with Crippen LogP contribution in [0, 0.1) is 11.8 Å². The highest BCUT2D eigenvalue weighted by atomic mass is 16.5. The summed E-state index contributed by atoms with van der Waals surface area (Å²) >= 11 is 0. The fourth-order valence-corrected chi connectivity index (χ4v) is 3.79. The average molecular weight is 358 g/mol. The molecule has 2 amide bonds. The number of carbonyl (C=O) groups is 2. The van der Waals surface area contributed by atoms with E-state index in [0.29, 0.717) is 18.4 Å². The van der Waals surface area contributed by atoms with Crippen molar-refractivity contribution in [1.82, 2.24) is 9.80 Å². The van der Waals surface area contributed by atoms with Crippen LogP contribution in [0.4, 0.5) is 0 Å². The van der Waals surface area contributed by atoms with Gasteiger partial charge in [0.25, 0.3) is 5.91 Å². The molecule has 2 aliphatic rings. The fourth-order valence-electron chi connectivity index (χ4n) is 3.79. The maximum atomic E-state index is 12.6. The van der Waals surface area contributed by atoms with Gasteiger partial charge in [0.2, 0.25) is 5.91 Å². The van der Waals surface area contributed by atoms with Crippen LogP contribution in [0.15, 0.2) is 24.3 Å². The second kappa shape index (κ2) is 8.56. The second-order valence-electron chi connectivity index (χ2n) is 7.78. The van der Waals surface area contributed by atoms with Gasteiger partial charge < -0.3 is 14.5 Å². The van der Waals surface area contributed by atoms with Crippen molar-refractivity contribution in [1.29, 1.82) is 0 Å². The van der Waals surface area contributed by atoms with E-state index in [4.69, 9.17) is 4.74 Å². The van der Waals surface area contributed by atoms with Gasteiger partial charge in [0.05, 0.1) is 6.61 Å². The quantitative estimate of drug-likeness (QED) is 0.830. The zero-order valence-corrected chi connectivity index (χ0v) is 15.9. The van der Waals surface area contributed by atoms with E-state index in [-0.39, 0.29) is 11.8 Å². The number of amides is 2. The molecule has 0 saturated carbocycles. The van der Waals surface area contributed by atoms with Crippen LogP contribution in [-0.2, 0) is 4.79 Å². The Hall–Kier alpha value is -2.04. The van der Waals surface area contributed by atoms with Gasteiger partial charge >= 0.3 is 0 Å². The van der Waals surface area contributed by atoms with Crippen LogP contribution in [0.2, 0.25) is 0 Å². The van der Waals surface area contributed by atoms with Crippen molar-refractivity contribution in [2.24, 2.45) is 11.8 Å². The lowest BCUT2D eigenvalue weighted by molar-refractivity contribution is -0.130. The predicted octanol–water partition coefficient (Wildman–Crippen LogP) is 3.20. The lowest BCUT2D eigenvalue weighted by atomic mass is 9.98. The van der Waals surface area contributed by atoms with Gasteiger partial charge in [0.15, 0.2) is 0 Å². The Bertz CT molecular complexity index is 621. The first-order chi connectivity index (χ1) is 12.5. The van der Waals surface area contributed by atoms with E-state index in [1.807, 2.05) is 34.1 Å². The average Bonchev–Trinajstić information content (AvgIpc) is 2.67. The Morgan fingerprint density at radius 1 is 1.04 bits per heavy atom. The van der Waals surface area contributed by atoms with E-state index in [2.05, 4.69) is 6.92 Å². The molecule has 0 unspecified atom stereocenters. The van der Waals surface area contributed by atoms with E-state index in [9.17, 15) is 9.59 Å². The summed E-state index contributed by atoms with van der Waals surface area (Å²) in [5.41, 5.74) is 0.729. The zero-order chi connectivity index (χ0) is 18.5. The van der Waals surface area contributed by atoms with Gasteiger partial charge in [-0.1, -0.05) is 6.92 Å². The van der Waals surface area contributed by atoms with Crippen LogP contribution in [0.5, 0.6) is 5.75 Å². The van der Waals surface area contributed by atoms with E-state index in [1.54, 1.807) is 6.92 Å². The topological polar surface area (TPSA) is 49.9 Å². The molecule has 3 rings (SSSR count). The van der Waals surface area contributed by atoms with Gasteiger partial charge in [-0.05, 0) is 55.9 Å². The Morgan fingerprint density at radius 2 is 1.73 bits per heavy atom. The molecule has 26 heavy (non-hydrogen) atoms. The molecule has 2 saturated heterocycles. The molecule has 0 bridgehead atoms. The largest absolute Gasteiger partial charge is 0.493 e. The first-order valence-corrected chi connectivity index (χ1v) is 9.80. The van der Waals surface area contributed by atoms with E-state index < -0.39 is 0 Å². The first-order valence-electron chi connectivity index (χ1n) is 9.80. The van der Waals surface area contributed by atoms with Crippen LogP contribution in [0.1, 0.15) is 49.9 Å². The number of hydrogen-bond donors (Lipinski definition) is 0. The van der Waals surface area contributed by atoms with Crippen LogP contribution in [0.3, 0.4) is 0 Å². The summed E-state index contributed by atoms with van der Waals surface area (Å²) in [4.78, 5) is 27.9. The predicted molar refractivity (Wildman–Crippen MR) is 101 cm³/mol. The van der Waals surface area contributed by atoms with Crippen molar-refractivity contribution in [2.45, 2.75) is 39.5 Å². The summed E-state index contributed by atoms with van der Waals surface area (Å²) in [6.07, 6.45) is 4.31. The number of hydrogen-bond acceptors (Lipinski definition) is 3. The number of ether oxygens (including phenoxy) is 1. The van der Waals surface area contributed by atoms with Crippen LogP contribution in [0.25, 0.3) is 0 Å². The summed E-state index contributed by atoms with van der Waals surface area (Å²) in [7, 11) is 0. The third kappa shape index (κ3) is 4.77. The molecule has 0 radical (unpaired) electrons. The van der Waals surface area contributed by atoms with Gasteiger partial charge in [0.1, 0.15) is 5.75 Å². The smallest absolute Gasteiger partial charge is 0.253 e. The Kier molecular flexibility index (Phi) is 6.17. The molecule has 1 aromatic carbocycles. The fraction of sp³-hybridized carbons (Fsp3) is 0.619. The number of benzene rings is 1. The first kappa shape index (κ1) is 18.7. The van der Waals surface area contributed by atoms with E-state index in [0.717, 1.165) is 63.2 Å². The third-order valence-corrected chi connectivity index (χ3v) is 5.62. The van der Waals surface area contributed by atoms with Gasteiger partial charge in [-0.25, -0.2) is 0 Å². The van der Waals surface area contributed by atoms with Crippen molar-refractivity contribution in [3.63, 3.8) is 0 Å². The van der Waals surface area contributed by atoms with Crippen molar-refractivity contribution in [2.75, 3.05) is 32.8 Å². The summed E-state index contributed by atoms with van der Waals surface area (Å²) in [5.74, 6) is 2.14. The summed E-state index contributed by atoms with van der Waals surface area (Å²) in [5, 5.41) is 0. The van der Waals surface area contributed by atoms with Gasteiger partial charge in [-0.15, -0.1) is 0 Å². The molecule has 0 aromatic heterocycles.